The Morgan fingerprint density at radius 2 is 1.90 bits per heavy atom. The number of hydrogen-bond acceptors (Lipinski definition) is 7. The average molecular weight is 414 g/mol. The minimum Gasteiger partial charge on any atom is -0.408 e. The molecule has 0 atom stereocenters. The first-order chi connectivity index (χ1) is 13.7. The zero-order valence-corrected chi connectivity index (χ0v) is 16.8. The molecule has 4 rings (SSSR count). The molecule has 10 heteroatoms. The van der Waals surface area contributed by atoms with Gasteiger partial charge in [0.05, 0.1) is 22.6 Å². The number of fused-ring (bicyclic) bond motifs is 1. The first-order valence-corrected chi connectivity index (χ1v) is 10.2. The number of benzene rings is 2. The molecule has 29 heavy (non-hydrogen) atoms. The Hall–Kier alpha value is -3.40. The third kappa shape index (κ3) is 3.66. The van der Waals surface area contributed by atoms with Gasteiger partial charge in [0.2, 0.25) is 5.89 Å². The van der Waals surface area contributed by atoms with Crippen LogP contribution in [-0.4, -0.2) is 23.1 Å². The highest BCUT2D eigenvalue weighted by atomic mass is 32.2. The molecule has 0 unspecified atom stereocenters. The maximum absolute atomic E-state index is 12.8. The van der Waals surface area contributed by atoms with Gasteiger partial charge in [-0.15, -0.1) is 0 Å². The van der Waals surface area contributed by atoms with Crippen molar-refractivity contribution >= 4 is 26.8 Å². The molecular formula is C19H18N4O5S. The Labute approximate surface area is 166 Å². The molecule has 0 amide bonds. The first kappa shape index (κ1) is 18.9. The summed E-state index contributed by atoms with van der Waals surface area (Å²) < 4.78 is 39.7. The summed E-state index contributed by atoms with van der Waals surface area (Å²) in [5.74, 6) is 0.0619. The molecule has 0 saturated heterocycles. The summed E-state index contributed by atoms with van der Waals surface area (Å²) in [4.78, 5) is 16.3. The van der Waals surface area contributed by atoms with E-state index >= 15 is 0 Å². The van der Waals surface area contributed by atoms with Crippen LogP contribution in [0.5, 0.6) is 0 Å². The van der Waals surface area contributed by atoms with E-state index in [2.05, 4.69) is 14.9 Å². The minimum absolute atomic E-state index is 0.0118. The second-order valence-corrected chi connectivity index (χ2v) is 8.42. The molecule has 0 aliphatic heterocycles. The second-order valence-electron chi connectivity index (χ2n) is 6.74. The van der Waals surface area contributed by atoms with E-state index in [-0.39, 0.29) is 17.0 Å². The molecule has 150 valence electrons. The summed E-state index contributed by atoms with van der Waals surface area (Å²) in [6, 6.07) is 9.77. The largest absolute Gasteiger partial charge is 0.420 e. The number of aryl methyl sites for hydroxylation is 3. The molecule has 4 aromatic rings. The van der Waals surface area contributed by atoms with Crippen molar-refractivity contribution in [1.29, 1.82) is 0 Å². The first-order valence-electron chi connectivity index (χ1n) is 8.75. The van der Waals surface area contributed by atoms with E-state index in [1.807, 2.05) is 26.0 Å². The maximum Gasteiger partial charge on any atom is 0.420 e. The summed E-state index contributed by atoms with van der Waals surface area (Å²) in [6.07, 6.45) is 0. The lowest BCUT2D eigenvalue weighted by Crippen LogP contribution is -2.16. The molecule has 1 N–H and O–H groups in total. The van der Waals surface area contributed by atoms with Gasteiger partial charge in [-0.3, -0.25) is 9.29 Å². The van der Waals surface area contributed by atoms with Gasteiger partial charge in [-0.25, -0.2) is 13.2 Å². The van der Waals surface area contributed by atoms with Crippen molar-refractivity contribution in [3.63, 3.8) is 0 Å². The molecule has 2 aromatic carbocycles. The molecule has 0 fully saturated rings. The van der Waals surface area contributed by atoms with Gasteiger partial charge in [0.15, 0.2) is 11.4 Å². The minimum atomic E-state index is -3.86. The fourth-order valence-electron chi connectivity index (χ4n) is 2.96. The molecule has 0 aliphatic rings. The summed E-state index contributed by atoms with van der Waals surface area (Å²) >= 11 is 0. The Balaban J connectivity index is 1.70. The smallest absolute Gasteiger partial charge is 0.408 e. The van der Waals surface area contributed by atoms with E-state index in [0.29, 0.717) is 22.9 Å². The number of anilines is 1. The van der Waals surface area contributed by atoms with Crippen molar-refractivity contribution in [2.24, 2.45) is 0 Å². The lowest BCUT2D eigenvalue weighted by molar-refractivity contribution is 0.385. The SMILES string of the molecule is Cc1ccc(C)c(NS(=O)(=O)c2ccc3c(c2)oc(=O)n3Cc2noc(C)n2)c1. The zero-order chi connectivity index (χ0) is 20.8. The third-order valence-electron chi connectivity index (χ3n) is 4.46. The van der Waals surface area contributed by atoms with Crippen LogP contribution in [0, 0.1) is 20.8 Å². The van der Waals surface area contributed by atoms with Gasteiger partial charge < -0.3 is 8.94 Å². The normalized spacial score (nSPS) is 11.8. The van der Waals surface area contributed by atoms with Crippen LogP contribution in [0.25, 0.3) is 11.1 Å². The van der Waals surface area contributed by atoms with Crippen LogP contribution in [0.3, 0.4) is 0 Å². The number of sulfonamides is 1. The molecule has 0 spiro atoms. The fourth-order valence-corrected chi connectivity index (χ4v) is 4.10. The van der Waals surface area contributed by atoms with Crippen molar-refractivity contribution in [3.8, 4) is 0 Å². The van der Waals surface area contributed by atoms with Crippen LogP contribution in [0.2, 0.25) is 0 Å². The van der Waals surface area contributed by atoms with Crippen molar-refractivity contribution in [2.45, 2.75) is 32.2 Å². The van der Waals surface area contributed by atoms with E-state index in [9.17, 15) is 13.2 Å². The maximum atomic E-state index is 12.8. The molecule has 2 aromatic heterocycles. The summed E-state index contributed by atoms with van der Waals surface area (Å²) in [6.45, 7) is 5.40. The second kappa shape index (κ2) is 6.89. The Bertz CT molecular complexity index is 1380. The van der Waals surface area contributed by atoms with Gasteiger partial charge in [0.25, 0.3) is 10.0 Å². The van der Waals surface area contributed by atoms with Gasteiger partial charge in [-0.1, -0.05) is 17.3 Å². The summed E-state index contributed by atoms with van der Waals surface area (Å²) in [7, 11) is -3.86. The predicted octanol–water partition coefficient (Wildman–Crippen LogP) is 2.75. The fraction of sp³-hybridized carbons (Fsp3) is 0.211. The monoisotopic (exact) mass is 414 g/mol. The third-order valence-corrected chi connectivity index (χ3v) is 5.82. The van der Waals surface area contributed by atoms with Gasteiger partial charge in [-0.05, 0) is 43.2 Å². The average Bonchev–Trinajstić information content (AvgIpc) is 3.21. The van der Waals surface area contributed by atoms with Gasteiger partial charge in [0, 0.05) is 13.0 Å². The van der Waals surface area contributed by atoms with Gasteiger partial charge >= 0.3 is 5.76 Å². The lowest BCUT2D eigenvalue weighted by Gasteiger charge is -2.11. The standard InChI is InChI=1S/C19H18N4O5S/c1-11-4-5-12(2)15(8-11)22-29(25,26)14-6-7-16-17(9-14)27-19(24)23(16)10-18-20-13(3)28-21-18/h4-9,22H,10H2,1-3H3. The van der Waals surface area contributed by atoms with Crippen molar-refractivity contribution in [3.05, 3.63) is 69.8 Å². The number of oxazole rings is 1. The molecule has 9 nitrogen and oxygen atoms in total. The molecule has 2 heterocycles. The highest BCUT2D eigenvalue weighted by Crippen LogP contribution is 2.24. The number of nitrogens with zero attached hydrogens (tertiary/aromatic N) is 3. The van der Waals surface area contributed by atoms with Crippen LogP contribution in [0.4, 0.5) is 5.69 Å². The van der Waals surface area contributed by atoms with Gasteiger partial charge in [0.1, 0.15) is 0 Å². The Morgan fingerprint density at radius 1 is 1.10 bits per heavy atom. The molecule has 0 radical (unpaired) electrons. The van der Waals surface area contributed by atoms with Crippen LogP contribution >= 0.6 is 0 Å². The Morgan fingerprint density at radius 3 is 2.62 bits per heavy atom. The highest BCUT2D eigenvalue weighted by Gasteiger charge is 2.19. The molecular weight excluding hydrogens is 396 g/mol. The number of rotatable bonds is 5. The topological polar surface area (TPSA) is 120 Å². The summed E-state index contributed by atoms with van der Waals surface area (Å²) in [5, 5.41) is 3.76. The van der Waals surface area contributed by atoms with Crippen LogP contribution in [0.15, 0.2) is 55.0 Å². The highest BCUT2D eigenvalue weighted by molar-refractivity contribution is 7.92. The van der Waals surface area contributed by atoms with Crippen molar-refractivity contribution in [1.82, 2.24) is 14.7 Å². The van der Waals surface area contributed by atoms with E-state index in [1.165, 1.54) is 22.8 Å². The summed E-state index contributed by atoms with van der Waals surface area (Å²) in [5.41, 5.74) is 2.82. The predicted molar refractivity (Wildman–Crippen MR) is 105 cm³/mol. The van der Waals surface area contributed by atoms with E-state index < -0.39 is 15.8 Å². The van der Waals surface area contributed by atoms with Crippen LogP contribution in [-0.2, 0) is 16.6 Å². The Kier molecular flexibility index (Phi) is 4.50. The molecule has 0 saturated carbocycles. The molecule has 0 aliphatic carbocycles. The lowest BCUT2D eigenvalue weighted by atomic mass is 10.1. The zero-order valence-electron chi connectivity index (χ0n) is 16.0. The number of hydrogen-bond donors (Lipinski definition) is 1. The van der Waals surface area contributed by atoms with E-state index in [4.69, 9.17) is 8.94 Å². The van der Waals surface area contributed by atoms with Crippen molar-refractivity contribution in [2.75, 3.05) is 4.72 Å². The van der Waals surface area contributed by atoms with Crippen LogP contribution < -0.4 is 10.5 Å². The van der Waals surface area contributed by atoms with Gasteiger partial charge in [-0.2, -0.15) is 4.98 Å². The van der Waals surface area contributed by atoms with E-state index in [0.717, 1.165) is 11.1 Å². The van der Waals surface area contributed by atoms with E-state index in [1.54, 1.807) is 13.0 Å². The van der Waals surface area contributed by atoms with Crippen molar-refractivity contribution < 1.29 is 17.4 Å². The number of nitrogens with one attached hydrogen (secondary N) is 1. The molecule has 0 bridgehead atoms. The van der Waals surface area contributed by atoms with Crippen LogP contribution in [0.1, 0.15) is 22.8 Å². The quantitative estimate of drug-likeness (QED) is 0.533. The number of aromatic nitrogens is 3.